The lowest BCUT2D eigenvalue weighted by molar-refractivity contribution is 0.210. The van der Waals surface area contributed by atoms with Crippen molar-refractivity contribution in [3.05, 3.63) is 18.2 Å². The largest absolute Gasteiger partial charge is 0.480 e. The van der Waals surface area contributed by atoms with E-state index in [4.69, 9.17) is 15.5 Å². The summed E-state index contributed by atoms with van der Waals surface area (Å²) in [7, 11) is 0. The van der Waals surface area contributed by atoms with Gasteiger partial charge < -0.3 is 15.4 Å². The molecule has 4 nitrogen and oxygen atoms in total. The van der Waals surface area contributed by atoms with Crippen LogP contribution in [-0.2, 0) is 0 Å². The molecule has 3 rings (SSSR count). The fraction of sp³-hybridized carbons (Fsp3) is 0.562. The monoisotopic (exact) mass is 273 g/mol. The number of anilines is 1. The molecular weight excluding hydrogens is 250 g/mol. The van der Waals surface area contributed by atoms with Crippen molar-refractivity contribution in [1.29, 1.82) is 0 Å². The summed E-state index contributed by atoms with van der Waals surface area (Å²) in [6.07, 6.45) is 3.48. The number of nitrogen functional groups attached to an aromatic ring is 1. The van der Waals surface area contributed by atoms with Gasteiger partial charge in [-0.3, -0.25) is 0 Å². The lowest BCUT2D eigenvalue weighted by Crippen LogP contribution is -2.46. The highest BCUT2D eigenvalue weighted by molar-refractivity contribution is 5.92. The molecule has 1 aromatic carbocycles. The maximum atomic E-state index is 6.10. The van der Waals surface area contributed by atoms with Gasteiger partial charge in [-0.25, -0.2) is 4.99 Å². The van der Waals surface area contributed by atoms with Crippen LogP contribution in [0.3, 0.4) is 0 Å². The topological polar surface area (TPSA) is 50.9 Å². The summed E-state index contributed by atoms with van der Waals surface area (Å²) in [5.41, 5.74) is 7.45. The van der Waals surface area contributed by atoms with E-state index in [1.54, 1.807) is 0 Å². The number of fused-ring (bicyclic) bond motifs is 1. The van der Waals surface area contributed by atoms with Crippen LogP contribution in [0.15, 0.2) is 23.2 Å². The van der Waals surface area contributed by atoms with Crippen molar-refractivity contribution in [2.24, 2.45) is 10.9 Å². The van der Waals surface area contributed by atoms with E-state index in [0.29, 0.717) is 0 Å². The van der Waals surface area contributed by atoms with Gasteiger partial charge in [0.1, 0.15) is 17.3 Å². The van der Waals surface area contributed by atoms with Gasteiger partial charge in [0.05, 0.1) is 0 Å². The molecule has 0 aliphatic carbocycles. The second-order valence-corrected chi connectivity index (χ2v) is 5.88. The second-order valence-electron chi connectivity index (χ2n) is 5.88. The zero-order valence-electron chi connectivity index (χ0n) is 12.3. The van der Waals surface area contributed by atoms with Crippen molar-refractivity contribution in [2.45, 2.75) is 39.2 Å². The molecule has 1 fully saturated rings. The highest BCUT2D eigenvalue weighted by Crippen LogP contribution is 2.36. The minimum Gasteiger partial charge on any atom is -0.480 e. The lowest BCUT2D eigenvalue weighted by Gasteiger charge is -2.37. The van der Waals surface area contributed by atoms with Gasteiger partial charge in [0, 0.05) is 18.8 Å². The third kappa shape index (κ3) is 2.47. The number of ether oxygens (including phenoxy) is 1. The first-order chi connectivity index (χ1) is 9.67. The Morgan fingerprint density at radius 2 is 2.10 bits per heavy atom. The number of hydrogen-bond acceptors (Lipinski definition) is 4. The number of nitrogens with zero attached hydrogens (tertiary/aromatic N) is 2. The number of aliphatic imine (C=N–C) groups is 1. The Kier molecular flexibility index (Phi) is 3.55. The molecule has 0 saturated carbocycles. The summed E-state index contributed by atoms with van der Waals surface area (Å²) in [5.74, 6) is 2.75. The molecule has 1 saturated heterocycles. The minimum atomic E-state index is 0.0690. The number of nitrogens with two attached hydrogens (primary N) is 1. The van der Waals surface area contributed by atoms with Crippen LogP contribution in [0.2, 0.25) is 0 Å². The van der Waals surface area contributed by atoms with Crippen molar-refractivity contribution < 1.29 is 4.74 Å². The van der Waals surface area contributed by atoms with E-state index >= 15 is 0 Å². The third-order valence-corrected chi connectivity index (χ3v) is 4.25. The molecule has 0 spiro atoms. The van der Waals surface area contributed by atoms with Crippen molar-refractivity contribution in [3.8, 4) is 5.75 Å². The molecule has 0 bridgehead atoms. The van der Waals surface area contributed by atoms with E-state index in [9.17, 15) is 0 Å². The Bertz CT molecular complexity index is 518. The highest BCUT2D eigenvalue weighted by atomic mass is 16.5. The smallest absolute Gasteiger partial charge is 0.156 e. The Morgan fingerprint density at radius 1 is 1.35 bits per heavy atom. The highest BCUT2D eigenvalue weighted by Gasteiger charge is 2.29. The maximum Gasteiger partial charge on any atom is 0.156 e. The first-order valence-electron chi connectivity index (χ1n) is 7.57. The summed E-state index contributed by atoms with van der Waals surface area (Å²) in [4.78, 5) is 7.23. The summed E-state index contributed by atoms with van der Waals surface area (Å²) in [5, 5.41) is 0. The van der Waals surface area contributed by atoms with E-state index in [1.165, 1.54) is 12.8 Å². The summed E-state index contributed by atoms with van der Waals surface area (Å²) in [6.45, 7) is 6.63. The molecule has 2 heterocycles. The van der Waals surface area contributed by atoms with Crippen LogP contribution in [0, 0.1) is 5.92 Å². The van der Waals surface area contributed by atoms with Crippen LogP contribution in [0.1, 0.15) is 33.1 Å². The summed E-state index contributed by atoms with van der Waals surface area (Å²) < 4.78 is 6.10. The molecule has 1 atom stereocenters. The normalized spacial score (nSPS) is 23.0. The molecule has 2 aliphatic heterocycles. The minimum absolute atomic E-state index is 0.0690. The predicted molar refractivity (Wildman–Crippen MR) is 82.6 cm³/mol. The molecule has 2 aliphatic rings. The number of likely N-dealkylation sites (tertiary alicyclic amines) is 1. The summed E-state index contributed by atoms with van der Waals surface area (Å²) in [6, 6.07) is 5.69. The van der Waals surface area contributed by atoms with Crippen LogP contribution < -0.4 is 10.5 Å². The number of amidine groups is 1. The summed E-state index contributed by atoms with van der Waals surface area (Å²) >= 11 is 0. The lowest BCUT2D eigenvalue weighted by atomic mass is 9.98. The Hall–Kier alpha value is -1.71. The molecule has 2 N–H and O–H groups in total. The third-order valence-electron chi connectivity index (χ3n) is 4.25. The molecule has 20 heavy (non-hydrogen) atoms. The number of benzene rings is 1. The van der Waals surface area contributed by atoms with E-state index in [-0.39, 0.29) is 6.10 Å². The van der Waals surface area contributed by atoms with Crippen LogP contribution in [0.25, 0.3) is 0 Å². The molecule has 1 unspecified atom stereocenters. The molecule has 0 radical (unpaired) electrons. The Morgan fingerprint density at radius 3 is 2.80 bits per heavy atom. The molecule has 0 amide bonds. The van der Waals surface area contributed by atoms with E-state index in [2.05, 4.69) is 18.7 Å². The van der Waals surface area contributed by atoms with Crippen molar-refractivity contribution in [3.63, 3.8) is 0 Å². The Labute approximate surface area is 120 Å². The van der Waals surface area contributed by atoms with Gasteiger partial charge in [-0.1, -0.05) is 13.8 Å². The van der Waals surface area contributed by atoms with Gasteiger partial charge in [0.15, 0.2) is 6.10 Å². The Balaban J connectivity index is 1.90. The van der Waals surface area contributed by atoms with Gasteiger partial charge in [-0.2, -0.15) is 0 Å². The van der Waals surface area contributed by atoms with Gasteiger partial charge >= 0.3 is 0 Å². The molecule has 4 heteroatoms. The molecular formula is C16H23N3O. The van der Waals surface area contributed by atoms with E-state index in [1.807, 2.05) is 18.2 Å². The van der Waals surface area contributed by atoms with Crippen LogP contribution >= 0.6 is 0 Å². The first kappa shape index (κ1) is 13.3. The zero-order chi connectivity index (χ0) is 14.1. The van der Waals surface area contributed by atoms with Gasteiger partial charge in [0.25, 0.3) is 0 Å². The molecule has 1 aromatic rings. The quantitative estimate of drug-likeness (QED) is 0.799. The second kappa shape index (κ2) is 5.35. The molecule has 108 valence electrons. The van der Waals surface area contributed by atoms with E-state index in [0.717, 1.165) is 48.4 Å². The standard InChI is InChI=1S/C16H23N3O/c1-3-14-16(19-8-6-11(2)7-9-19)18-13-10-12(17)4-5-15(13)20-14/h4-5,10-11,14H,3,6-9,17H2,1-2H3. The average molecular weight is 273 g/mol. The van der Waals surface area contributed by atoms with Crippen molar-refractivity contribution in [2.75, 3.05) is 18.8 Å². The van der Waals surface area contributed by atoms with Gasteiger partial charge in [-0.05, 0) is 43.4 Å². The molecule has 0 aromatic heterocycles. The number of rotatable bonds is 1. The fourth-order valence-electron chi connectivity index (χ4n) is 2.90. The van der Waals surface area contributed by atoms with Crippen molar-refractivity contribution in [1.82, 2.24) is 4.90 Å². The van der Waals surface area contributed by atoms with Gasteiger partial charge in [0.2, 0.25) is 0 Å². The SMILES string of the molecule is CCC1Oc2ccc(N)cc2N=C1N1CCC(C)CC1. The maximum absolute atomic E-state index is 6.10. The van der Waals surface area contributed by atoms with Crippen LogP contribution in [0.4, 0.5) is 11.4 Å². The fourth-order valence-corrected chi connectivity index (χ4v) is 2.90. The predicted octanol–water partition coefficient (Wildman–Crippen LogP) is 3.20. The van der Waals surface area contributed by atoms with Crippen LogP contribution in [-0.4, -0.2) is 29.9 Å². The van der Waals surface area contributed by atoms with Crippen molar-refractivity contribution >= 4 is 17.2 Å². The van der Waals surface area contributed by atoms with Crippen LogP contribution in [0.5, 0.6) is 5.75 Å². The number of hydrogen-bond donors (Lipinski definition) is 1. The average Bonchev–Trinajstić information content (AvgIpc) is 2.46. The first-order valence-corrected chi connectivity index (χ1v) is 7.57. The number of piperidine rings is 1. The van der Waals surface area contributed by atoms with Gasteiger partial charge in [-0.15, -0.1) is 0 Å². The van der Waals surface area contributed by atoms with E-state index < -0.39 is 0 Å². The zero-order valence-corrected chi connectivity index (χ0v) is 12.3.